The van der Waals surface area contributed by atoms with E-state index in [0.29, 0.717) is 5.69 Å². The summed E-state index contributed by atoms with van der Waals surface area (Å²) < 4.78 is 0. The minimum Gasteiger partial charge on any atom is -0.391 e. The van der Waals surface area contributed by atoms with Crippen LogP contribution < -0.4 is 5.06 Å². The molecule has 0 heterocycles. The number of rotatable bonds is 4. The Bertz CT molecular complexity index is 470. The van der Waals surface area contributed by atoms with Crippen LogP contribution >= 0.6 is 0 Å². The Hall–Kier alpha value is -1.84. The summed E-state index contributed by atoms with van der Waals surface area (Å²) in [5.74, 6) is 0. The summed E-state index contributed by atoms with van der Waals surface area (Å²) in [7, 11) is 0. The zero-order chi connectivity index (χ0) is 13.0. The summed E-state index contributed by atoms with van der Waals surface area (Å²) in [5.41, 5.74) is 1.36. The Labute approximate surface area is 107 Å². The van der Waals surface area contributed by atoms with Gasteiger partial charge in [0.25, 0.3) is 0 Å². The average Bonchev–Trinajstić information content (AvgIpc) is 2.40. The third kappa shape index (κ3) is 2.70. The first-order valence-corrected chi connectivity index (χ1v) is 5.94. The second kappa shape index (κ2) is 5.67. The molecular formula is C15H16NO2. The Balaban J connectivity index is 2.32. The number of para-hydroxylation sites is 1. The average molecular weight is 242 g/mol. The van der Waals surface area contributed by atoms with Crippen LogP contribution in [0.5, 0.6) is 0 Å². The maximum atomic E-state index is 12.3. The maximum absolute atomic E-state index is 12.3. The van der Waals surface area contributed by atoms with Crippen LogP contribution in [-0.4, -0.2) is 11.2 Å². The van der Waals surface area contributed by atoms with Crippen LogP contribution in [0.15, 0.2) is 60.7 Å². The highest BCUT2D eigenvalue weighted by Gasteiger charge is 2.25. The molecule has 93 valence electrons. The van der Waals surface area contributed by atoms with Gasteiger partial charge in [-0.15, -0.1) is 0 Å². The minimum atomic E-state index is -0.745. The molecule has 0 amide bonds. The molecule has 2 rings (SSSR count). The van der Waals surface area contributed by atoms with Gasteiger partial charge in [-0.1, -0.05) is 53.7 Å². The fourth-order valence-corrected chi connectivity index (χ4v) is 2.00. The predicted molar refractivity (Wildman–Crippen MR) is 70.5 cm³/mol. The van der Waals surface area contributed by atoms with Crippen molar-refractivity contribution in [2.75, 3.05) is 5.06 Å². The van der Waals surface area contributed by atoms with E-state index in [1.54, 1.807) is 19.1 Å². The van der Waals surface area contributed by atoms with Gasteiger partial charge in [0.1, 0.15) is 6.04 Å². The largest absolute Gasteiger partial charge is 0.391 e. The predicted octanol–water partition coefficient (Wildman–Crippen LogP) is 2.96. The van der Waals surface area contributed by atoms with E-state index < -0.39 is 12.1 Å². The molecule has 1 N–H and O–H groups in total. The van der Waals surface area contributed by atoms with Crippen molar-refractivity contribution in [3.63, 3.8) is 0 Å². The quantitative estimate of drug-likeness (QED) is 0.838. The number of hydroxylamine groups is 1. The molecule has 0 aromatic heterocycles. The number of aliphatic hydroxyl groups is 1. The molecule has 0 aliphatic carbocycles. The van der Waals surface area contributed by atoms with Crippen molar-refractivity contribution in [3.8, 4) is 0 Å². The van der Waals surface area contributed by atoms with Crippen molar-refractivity contribution < 1.29 is 10.3 Å². The number of aliphatic hydroxyl groups excluding tert-OH is 1. The second-order valence-electron chi connectivity index (χ2n) is 4.26. The summed E-state index contributed by atoms with van der Waals surface area (Å²) in [5, 5.41) is 23.1. The van der Waals surface area contributed by atoms with Gasteiger partial charge in [0.15, 0.2) is 0 Å². The molecule has 1 radical (unpaired) electrons. The highest BCUT2D eigenvalue weighted by atomic mass is 16.5. The van der Waals surface area contributed by atoms with Crippen molar-refractivity contribution in [2.45, 2.75) is 19.1 Å². The van der Waals surface area contributed by atoms with Gasteiger partial charge in [0, 0.05) is 0 Å². The van der Waals surface area contributed by atoms with Crippen LogP contribution in [0.3, 0.4) is 0 Å². The molecular weight excluding hydrogens is 226 g/mol. The lowest BCUT2D eigenvalue weighted by Gasteiger charge is -2.28. The summed E-state index contributed by atoms with van der Waals surface area (Å²) >= 11 is 0. The molecule has 2 aromatic carbocycles. The van der Waals surface area contributed by atoms with E-state index >= 15 is 0 Å². The van der Waals surface area contributed by atoms with Crippen LogP contribution in [0, 0.1) is 0 Å². The van der Waals surface area contributed by atoms with E-state index in [4.69, 9.17) is 0 Å². The molecule has 2 atom stereocenters. The zero-order valence-corrected chi connectivity index (χ0v) is 10.2. The molecule has 0 aliphatic rings. The molecule has 0 spiro atoms. The Morgan fingerprint density at radius 1 is 0.944 bits per heavy atom. The summed E-state index contributed by atoms with van der Waals surface area (Å²) in [4.78, 5) is 0. The van der Waals surface area contributed by atoms with Crippen LogP contribution in [-0.2, 0) is 5.21 Å². The topological polar surface area (TPSA) is 43.4 Å². The van der Waals surface area contributed by atoms with Gasteiger partial charge in [-0.3, -0.25) is 0 Å². The normalized spacial score (nSPS) is 13.9. The lowest BCUT2D eigenvalue weighted by Crippen LogP contribution is -2.31. The molecule has 0 fully saturated rings. The number of hydrogen-bond donors (Lipinski definition) is 1. The molecule has 3 nitrogen and oxygen atoms in total. The number of benzene rings is 2. The molecule has 2 unspecified atom stereocenters. The monoisotopic (exact) mass is 242 g/mol. The molecule has 2 aromatic rings. The van der Waals surface area contributed by atoms with Crippen molar-refractivity contribution in [2.24, 2.45) is 0 Å². The first-order valence-electron chi connectivity index (χ1n) is 5.94. The first-order chi connectivity index (χ1) is 8.70. The zero-order valence-electron chi connectivity index (χ0n) is 10.2. The van der Waals surface area contributed by atoms with Gasteiger partial charge in [-0.05, 0) is 24.6 Å². The van der Waals surface area contributed by atoms with Crippen LogP contribution in [0.25, 0.3) is 0 Å². The molecule has 0 aliphatic heterocycles. The lowest BCUT2D eigenvalue weighted by molar-refractivity contribution is 0.0620. The van der Waals surface area contributed by atoms with Gasteiger partial charge in [0.2, 0.25) is 0 Å². The third-order valence-electron chi connectivity index (χ3n) is 2.86. The fraction of sp³-hybridized carbons (Fsp3) is 0.200. The lowest BCUT2D eigenvalue weighted by atomic mass is 10.0. The van der Waals surface area contributed by atoms with Crippen molar-refractivity contribution >= 4 is 5.69 Å². The van der Waals surface area contributed by atoms with E-state index in [9.17, 15) is 10.3 Å². The Morgan fingerprint density at radius 3 is 1.94 bits per heavy atom. The van der Waals surface area contributed by atoms with Crippen LogP contribution in [0.4, 0.5) is 5.69 Å². The minimum absolute atomic E-state index is 0.548. The smallest absolute Gasteiger partial charge is 0.110 e. The standard InChI is InChI=1S/C15H16NO2/c1-12(17)15(13-8-4-2-5-9-13)16(18)14-10-6-3-7-11-14/h2-12,15,17H,1H3. The van der Waals surface area contributed by atoms with Crippen molar-refractivity contribution in [1.29, 1.82) is 0 Å². The highest BCUT2D eigenvalue weighted by Crippen LogP contribution is 2.28. The number of hydrogen-bond acceptors (Lipinski definition) is 2. The first kappa shape index (κ1) is 12.6. The van der Waals surface area contributed by atoms with E-state index in [-0.39, 0.29) is 0 Å². The van der Waals surface area contributed by atoms with Gasteiger partial charge in [-0.25, -0.2) is 5.06 Å². The SMILES string of the molecule is CC(O)C(c1ccccc1)N([O])c1ccccc1. The van der Waals surface area contributed by atoms with E-state index in [0.717, 1.165) is 10.6 Å². The fourth-order valence-electron chi connectivity index (χ4n) is 2.00. The molecule has 18 heavy (non-hydrogen) atoms. The van der Waals surface area contributed by atoms with Crippen LogP contribution in [0.2, 0.25) is 0 Å². The Kier molecular flexibility index (Phi) is 3.97. The maximum Gasteiger partial charge on any atom is 0.110 e. The van der Waals surface area contributed by atoms with Gasteiger partial charge in [0.05, 0.1) is 11.8 Å². The van der Waals surface area contributed by atoms with Gasteiger partial charge < -0.3 is 5.11 Å². The number of nitrogens with zero attached hydrogens (tertiary/aromatic N) is 1. The van der Waals surface area contributed by atoms with E-state index in [1.807, 2.05) is 48.5 Å². The Morgan fingerprint density at radius 2 is 1.44 bits per heavy atom. The molecule has 0 saturated heterocycles. The second-order valence-corrected chi connectivity index (χ2v) is 4.26. The van der Waals surface area contributed by atoms with Gasteiger partial charge in [-0.2, -0.15) is 0 Å². The molecule has 3 heteroatoms. The van der Waals surface area contributed by atoms with E-state index in [2.05, 4.69) is 0 Å². The molecule has 0 saturated carbocycles. The molecule has 0 bridgehead atoms. The van der Waals surface area contributed by atoms with Crippen LogP contribution in [0.1, 0.15) is 18.5 Å². The van der Waals surface area contributed by atoms with Crippen molar-refractivity contribution in [1.82, 2.24) is 0 Å². The van der Waals surface area contributed by atoms with Crippen molar-refractivity contribution in [3.05, 3.63) is 66.2 Å². The number of anilines is 1. The summed E-state index contributed by atoms with van der Waals surface area (Å²) in [6.07, 6.45) is -0.745. The van der Waals surface area contributed by atoms with E-state index in [1.165, 1.54) is 0 Å². The van der Waals surface area contributed by atoms with Gasteiger partial charge >= 0.3 is 0 Å². The summed E-state index contributed by atoms with van der Waals surface area (Å²) in [6, 6.07) is 17.7. The highest BCUT2D eigenvalue weighted by molar-refractivity contribution is 5.46. The third-order valence-corrected chi connectivity index (χ3v) is 2.86. The summed E-state index contributed by atoms with van der Waals surface area (Å²) in [6.45, 7) is 1.63.